The van der Waals surface area contributed by atoms with E-state index >= 15 is 0 Å². The van der Waals surface area contributed by atoms with Crippen molar-refractivity contribution in [2.24, 2.45) is 0 Å². The lowest BCUT2D eigenvalue weighted by Gasteiger charge is -2.14. The standard InChI is InChI=1S/C20H34/c1-4-7-9-11-14-19-16-13-15-18(6-3)20(19)17-12-10-8-5-2/h13,15-16H,4-12,14,17H2,1-3H3. The number of unbranched alkanes of at least 4 members (excludes halogenated alkanes) is 6. The molecule has 0 bridgehead atoms. The molecule has 0 spiro atoms. The van der Waals surface area contributed by atoms with E-state index in [-0.39, 0.29) is 0 Å². The molecular weight excluding hydrogens is 240 g/mol. The van der Waals surface area contributed by atoms with E-state index in [2.05, 4.69) is 39.0 Å². The summed E-state index contributed by atoms with van der Waals surface area (Å²) in [6, 6.07) is 6.98. The normalized spacial score (nSPS) is 10.9. The monoisotopic (exact) mass is 274 g/mol. The molecule has 0 saturated carbocycles. The van der Waals surface area contributed by atoms with Gasteiger partial charge in [0.1, 0.15) is 0 Å². The lowest BCUT2D eigenvalue weighted by atomic mass is 9.91. The largest absolute Gasteiger partial charge is 0.0654 e. The minimum Gasteiger partial charge on any atom is -0.0654 e. The summed E-state index contributed by atoms with van der Waals surface area (Å²) in [6.07, 6.45) is 14.7. The molecule has 1 aromatic carbocycles. The highest BCUT2D eigenvalue weighted by molar-refractivity contribution is 5.35. The summed E-state index contributed by atoms with van der Waals surface area (Å²) in [6.45, 7) is 6.88. The van der Waals surface area contributed by atoms with Crippen LogP contribution in [0.4, 0.5) is 0 Å². The number of hydrogen-bond donors (Lipinski definition) is 0. The van der Waals surface area contributed by atoms with Gasteiger partial charge in [-0.1, -0.05) is 77.5 Å². The minimum absolute atomic E-state index is 1.19. The van der Waals surface area contributed by atoms with E-state index in [1.165, 1.54) is 70.6 Å². The molecular formula is C20H34. The van der Waals surface area contributed by atoms with Gasteiger partial charge in [-0.15, -0.1) is 0 Å². The van der Waals surface area contributed by atoms with Crippen LogP contribution in [0.25, 0.3) is 0 Å². The van der Waals surface area contributed by atoms with Crippen LogP contribution in [0, 0.1) is 0 Å². The van der Waals surface area contributed by atoms with Gasteiger partial charge < -0.3 is 0 Å². The summed E-state index contributed by atoms with van der Waals surface area (Å²) in [4.78, 5) is 0. The van der Waals surface area contributed by atoms with Gasteiger partial charge in [-0.05, 0) is 48.8 Å². The van der Waals surface area contributed by atoms with Gasteiger partial charge in [-0.2, -0.15) is 0 Å². The molecule has 1 aromatic rings. The van der Waals surface area contributed by atoms with Crippen LogP contribution in [0.2, 0.25) is 0 Å². The van der Waals surface area contributed by atoms with Crippen molar-refractivity contribution < 1.29 is 0 Å². The lowest BCUT2D eigenvalue weighted by Crippen LogP contribution is -2.00. The quantitative estimate of drug-likeness (QED) is 0.404. The third-order valence-corrected chi connectivity index (χ3v) is 4.33. The number of aryl methyl sites for hydroxylation is 2. The van der Waals surface area contributed by atoms with Gasteiger partial charge in [-0.25, -0.2) is 0 Å². The third kappa shape index (κ3) is 6.11. The summed E-state index contributed by atoms with van der Waals surface area (Å²) in [5.74, 6) is 0. The number of hydrogen-bond acceptors (Lipinski definition) is 0. The Morgan fingerprint density at radius 3 is 1.85 bits per heavy atom. The molecule has 0 unspecified atom stereocenters. The maximum absolute atomic E-state index is 2.38. The molecule has 20 heavy (non-hydrogen) atoms. The first-order chi connectivity index (χ1) is 9.83. The van der Waals surface area contributed by atoms with E-state index in [4.69, 9.17) is 0 Å². The topological polar surface area (TPSA) is 0 Å². The van der Waals surface area contributed by atoms with Crippen LogP contribution in [0.1, 0.15) is 88.8 Å². The molecule has 0 aliphatic heterocycles. The molecule has 0 saturated heterocycles. The predicted molar refractivity (Wildman–Crippen MR) is 91.5 cm³/mol. The molecule has 0 aromatic heterocycles. The van der Waals surface area contributed by atoms with E-state index in [0.29, 0.717) is 0 Å². The molecule has 0 aliphatic carbocycles. The highest BCUT2D eigenvalue weighted by Gasteiger charge is 2.07. The van der Waals surface area contributed by atoms with Crippen LogP contribution in [0.3, 0.4) is 0 Å². The fourth-order valence-electron chi connectivity index (χ4n) is 3.05. The highest BCUT2D eigenvalue weighted by Crippen LogP contribution is 2.21. The fourth-order valence-corrected chi connectivity index (χ4v) is 3.05. The van der Waals surface area contributed by atoms with E-state index in [1.54, 1.807) is 16.7 Å². The first-order valence-electron chi connectivity index (χ1n) is 8.93. The summed E-state index contributed by atoms with van der Waals surface area (Å²) >= 11 is 0. The van der Waals surface area contributed by atoms with Gasteiger partial charge in [0, 0.05) is 0 Å². The molecule has 114 valence electrons. The smallest absolute Gasteiger partial charge is 0.0273 e. The molecule has 0 radical (unpaired) electrons. The predicted octanol–water partition coefficient (Wildman–Crippen LogP) is 6.49. The molecule has 0 N–H and O–H groups in total. The van der Waals surface area contributed by atoms with Crippen molar-refractivity contribution in [3.05, 3.63) is 34.9 Å². The van der Waals surface area contributed by atoms with Crippen molar-refractivity contribution in [3.8, 4) is 0 Å². The van der Waals surface area contributed by atoms with Crippen LogP contribution in [-0.4, -0.2) is 0 Å². The average molecular weight is 274 g/mol. The summed E-state index contributed by atoms with van der Waals surface area (Å²) in [7, 11) is 0. The molecule has 0 fully saturated rings. The Morgan fingerprint density at radius 1 is 0.650 bits per heavy atom. The second kappa shape index (κ2) is 10.9. The molecule has 0 heterocycles. The maximum atomic E-state index is 2.38. The Balaban J connectivity index is 2.61. The van der Waals surface area contributed by atoms with Gasteiger partial charge in [0.15, 0.2) is 0 Å². The van der Waals surface area contributed by atoms with Gasteiger partial charge in [0.25, 0.3) is 0 Å². The molecule has 0 nitrogen and oxygen atoms in total. The Labute approximate surface area is 127 Å². The van der Waals surface area contributed by atoms with E-state index in [1.807, 2.05) is 0 Å². The average Bonchev–Trinajstić information content (AvgIpc) is 2.48. The van der Waals surface area contributed by atoms with Gasteiger partial charge in [-0.3, -0.25) is 0 Å². The van der Waals surface area contributed by atoms with Crippen LogP contribution < -0.4 is 0 Å². The lowest BCUT2D eigenvalue weighted by molar-refractivity contribution is 0.648. The van der Waals surface area contributed by atoms with E-state index in [9.17, 15) is 0 Å². The Hall–Kier alpha value is -0.780. The number of benzene rings is 1. The van der Waals surface area contributed by atoms with Crippen molar-refractivity contribution in [1.82, 2.24) is 0 Å². The van der Waals surface area contributed by atoms with Gasteiger partial charge in [0.05, 0.1) is 0 Å². The first-order valence-corrected chi connectivity index (χ1v) is 8.93. The molecule has 0 heteroatoms. The van der Waals surface area contributed by atoms with Crippen LogP contribution >= 0.6 is 0 Å². The van der Waals surface area contributed by atoms with Crippen LogP contribution in [-0.2, 0) is 19.3 Å². The highest BCUT2D eigenvalue weighted by atomic mass is 14.1. The summed E-state index contributed by atoms with van der Waals surface area (Å²) < 4.78 is 0. The molecule has 1 rings (SSSR count). The summed E-state index contributed by atoms with van der Waals surface area (Å²) in [5, 5.41) is 0. The summed E-state index contributed by atoms with van der Waals surface area (Å²) in [5.41, 5.74) is 4.91. The molecule has 0 aliphatic rings. The fraction of sp³-hybridized carbons (Fsp3) is 0.700. The van der Waals surface area contributed by atoms with Crippen LogP contribution in [0.15, 0.2) is 18.2 Å². The zero-order valence-corrected chi connectivity index (χ0v) is 14.0. The zero-order chi connectivity index (χ0) is 14.6. The van der Waals surface area contributed by atoms with Crippen molar-refractivity contribution >= 4 is 0 Å². The van der Waals surface area contributed by atoms with Crippen molar-refractivity contribution in [2.45, 2.75) is 91.4 Å². The van der Waals surface area contributed by atoms with Crippen LogP contribution in [0.5, 0.6) is 0 Å². The van der Waals surface area contributed by atoms with Crippen molar-refractivity contribution in [1.29, 1.82) is 0 Å². The zero-order valence-electron chi connectivity index (χ0n) is 14.0. The molecule has 0 atom stereocenters. The van der Waals surface area contributed by atoms with E-state index in [0.717, 1.165) is 0 Å². The maximum Gasteiger partial charge on any atom is -0.0273 e. The Kier molecular flexibility index (Phi) is 9.45. The van der Waals surface area contributed by atoms with E-state index < -0.39 is 0 Å². The SMILES string of the molecule is CCCCCCc1cccc(CC)c1CCCCCC. The van der Waals surface area contributed by atoms with Crippen molar-refractivity contribution in [3.63, 3.8) is 0 Å². The Bertz CT molecular complexity index is 351. The second-order valence-electron chi connectivity index (χ2n) is 6.03. The van der Waals surface area contributed by atoms with Gasteiger partial charge in [0.2, 0.25) is 0 Å². The Morgan fingerprint density at radius 2 is 1.25 bits per heavy atom. The first kappa shape index (κ1) is 17.3. The minimum atomic E-state index is 1.19. The number of rotatable bonds is 11. The van der Waals surface area contributed by atoms with Crippen molar-refractivity contribution in [2.75, 3.05) is 0 Å². The third-order valence-electron chi connectivity index (χ3n) is 4.33. The van der Waals surface area contributed by atoms with Gasteiger partial charge >= 0.3 is 0 Å². The second-order valence-corrected chi connectivity index (χ2v) is 6.03. The molecule has 0 amide bonds.